The van der Waals surface area contributed by atoms with E-state index in [2.05, 4.69) is 11.4 Å². The van der Waals surface area contributed by atoms with Gasteiger partial charge in [-0.3, -0.25) is 4.57 Å². The molecule has 1 aromatic carbocycles. The van der Waals surface area contributed by atoms with E-state index in [1.54, 1.807) is 6.92 Å². The Morgan fingerprint density at radius 1 is 0.692 bits per heavy atom. The maximum absolute atomic E-state index is 11.1. The Morgan fingerprint density at radius 3 is 1.46 bits per heavy atom. The van der Waals surface area contributed by atoms with Gasteiger partial charge in [-0.1, -0.05) is 101 Å². The van der Waals surface area contributed by atoms with Gasteiger partial charge in [0, 0.05) is 0 Å². The average Bonchev–Trinajstić information content (AvgIpc) is 2.61. The second-order valence-corrected chi connectivity index (χ2v) is 7.45. The standard InChI is InChI=1S/C14H31O4P.C6H6.Na/c1-3-5-6-7-8-9-10-11-12-13-14-18-19(15,16)17-4-2;1-2-4-6-5-3-1;/h3-14H2,1-2H3,(H,15,16);1-6H;/q;;+1/p-1. The maximum atomic E-state index is 11.1. The zero-order chi connectivity index (χ0) is 18.6. The second-order valence-electron chi connectivity index (χ2n) is 6.03. The molecule has 0 N–H and O–H groups in total. The molecule has 1 rings (SSSR count). The largest absolute Gasteiger partial charge is 1.00 e. The molecule has 6 heteroatoms. The molecular formula is C20H36NaO4P. The van der Waals surface area contributed by atoms with Crippen molar-refractivity contribution in [3.05, 3.63) is 36.4 Å². The molecular weight excluding hydrogens is 358 g/mol. The molecule has 146 valence electrons. The predicted octanol–water partition coefficient (Wildman–Crippen LogP) is 3.12. The van der Waals surface area contributed by atoms with Gasteiger partial charge < -0.3 is 13.9 Å². The van der Waals surface area contributed by atoms with Crippen molar-refractivity contribution < 1.29 is 48.1 Å². The zero-order valence-electron chi connectivity index (χ0n) is 17.0. The van der Waals surface area contributed by atoms with E-state index in [1.807, 2.05) is 36.4 Å². The SMILES string of the molecule is CCCCCCCCCCCCOP(=O)([O-])OCC.[Na+].c1ccccc1. The van der Waals surface area contributed by atoms with Gasteiger partial charge in [-0.15, -0.1) is 0 Å². The summed E-state index contributed by atoms with van der Waals surface area (Å²) in [4.78, 5) is 11.1. The van der Waals surface area contributed by atoms with Gasteiger partial charge in [0.25, 0.3) is 7.82 Å². The number of hydrogen-bond donors (Lipinski definition) is 0. The number of rotatable bonds is 14. The van der Waals surface area contributed by atoms with Crippen molar-refractivity contribution >= 4 is 7.82 Å². The molecule has 1 unspecified atom stereocenters. The van der Waals surface area contributed by atoms with Crippen LogP contribution in [0, 0.1) is 0 Å². The Morgan fingerprint density at radius 2 is 1.08 bits per heavy atom. The van der Waals surface area contributed by atoms with Crippen molar-refractivity contribution in [2.24, 2.45) is 0 Å². The van der Waals surface area contributed by atoms with E-state index in [-0.39, 0.29) is 42.8 Å². The number of phosphoric ester groups is 1. The third-order valence-electron chi connectivity index (χ3n) is 3.70. The van der Waals surface area contributed by atoms with E-state index in [0.29, 0.717) is 0 Å². The Balaban J connectivity index is 0. The summed E-state index contributed by atoms with van der Waals surface area (Å²) in [5.74, 6) is 0. The molecule has 0 aliphatic rings. The van der Waals surface area contributed by atoms with Crippen molar-refractivity contribution in [2.75, 3.05) is 13.2 Å². The summed E-state index contributed by atoms with van der Waals surface area (Å²) in [6.07, 6.45) is 12.2. The fourth-order valence-corrected chi connectivity index (χ4v) is 3.09. The zero-order valence-corrected chi connectivity index (χ0v) is 19.9. The first-order valence-corrected chi connectivity index (χ1v) is 11.2. The first-order chi connectivity index (χ1) is 12.1. The van der Waals surface area contributed by atoms with E-state index in [4.69, 9.17) is 4.52 Å². The van der Waals surface area contributed by atoms with E-state index in [9.17, 15) is 9.46 Å². The quantitative estimate of drug-likeness (QED) is 0.276. The van der Waals surface area contributed by atoms with Crippen LogP contribution in [0.2, 0.25) is 0 Å². The molecule has 1 aromatic rings. The van der Waals surface area contributed by atoms with Crippen LogP contribution in [-0.2, 0) is 13.6 Å². The van der Waals surface area contributed by atoms with Gasteiger partial charge in [0.1, 0.15) is 0 Å². The van der Waals surface area contributed by atoms with E-state index >= 15 is 0 Å². The minimum absolute atomic E-state index is 0. The molecule has 0 amide bonds. The van der Waals surface area contributed by atoms with Crippen LogP contribution in [0.5, 0.6) is 0 Å². The smallest absolute Gasteiger partial charge is 0.756 e. The average molecular weight is 394 g/mol. The normalized spacial score (nSPS) is 12.4. The monoisotopic (exact) mass is 394 g/mol. The van der Waals surface area contributed by atoms with Gasteiger partial charge in [-0.05, 0) is 13.3 Å². The summed E-state index contributed by atoms with van der Waals surface area (Å²) >= 11 is 0. The van der Waals surface area contributed by atoms with Crippen molar-refractivity contribution in [1.29, 1.82) is 0 Å². The molecule has 0 radical (unpaired) electrons. The number of unbranched alkanes of at least 4 members (excludes halogenated alkanes) is 9. The molecule has 1 atom stereocenters. The summed E-state index contributed by atoms with van der Waals surface area (Å²) in [5, 5.41) is 0. The van der Waals surface area contributed by atoms with Crippen LogP contribution >= 0.6 is 7.82 Å². The van der Waals surface area contributed by atoms with Crippen LogP contribution in [0.15, 0.2) is 36.4 Å². The van der Waals surface area contributed by atoms with Gasteiger partial charge in [0.15, 0.2) is 0 Å². The minimum atomic E-state index is -4.02. The van der Waals surface area contributed by atoms with E-state index < -0.39 is 7.82 Å². The molecule has 0 aromatic heterocycles. The van der Waals surface area contributed by atoms with E-state index in [0.717, 1.165) is 19.3 Å². The molecule has 26 heavy (non-hydrogen) atoms. The molecule has 0 aliphatic heterocycles. The van der Waals surface area contributed by atoms with Crippen molar-refractivity contribution in [1.82, 2.24) is 0 Å². The second kappa shape index (κ2) is 21.6. The summed E-state index contributed by atoms with van der Waals surface area (Å²) in [5.41, 5.74) is 0. The minimum Gasteiger partial charge on any atom is -0.756 e. The van der Waals surface area contributed by atoms with Crippen molar-refractivity contribution in [3.8, 4) is 0 Å². The van der Waals surface area contributed by atoms with Crippen LogP contribution in [-0.4, -0.2) is 13.2 Å². The van der Waals surface area contributed by atoms with Crippen molar-refractivity contribution in [3.63, 3.8) is 0 Å². The molecule has 0 bridgehead atoms. The van der Waals surface area contributed by atoms with Crippen LogP contribution in [0.3, 0.4) is 0 Å². The summed E-state index contributed by atoms with van der Waals surface area (Å²) in [6, 6.07) is 12.0. The predicted molar refractivity (Wildman–Crippen MR) is 103 cm³/mol. The summed E-state index contributed by atoms with van der Waals surface area (Å²) in [7, 11) is -4.02. The van der Waals surface area contributed by atoms with Gasteiger partial charge >= 0.3 is 29.6 Å². The molecule has 0 fully saturated rings. The van der Waals surface area contributed by atoms with E-state index in [1.165, 1.54) is 44.9 Å². The molecule has 0 saturated heterocycles. The summed E-state index contributed by atoms with van der Waals surface area (Å²) < 4.78 is 20.3. The maximum Gasteiger partial charge on any atom is 1.00 e. The summed E-state index contributed by atoms with van der Waals surface area (Å²) in [6.45, 7) is 4.25. The third kappa shape index (κ3) is 22.4. The fraction of sp³-hybridized carbons (Fsp3) is 0.700. The molecule has 0 saturated carbocycles. The topological polar surface area (TPSA) is 58.6 Å². The molecule has 4 nitrogen and oxygen atoms in total. The third-order valence-corrected chi connectivity index (χ3v) is 4.77. The van der Waals surface area contributed by atoms with Gasteiger partial charge in [0.2, 0.25) is 0 Å². The fourth-order valence-electron chi connectivity index (χ4n) is 2.35. The molecule has 0 heterocycles. The van der Waals surface area contributed by atoms with Crippen LogP contribution in [0.4, 0.5) is 0 Å². The first-order valence-electron chi connectivity index (χ1n) is 9.72. The van der Waals surface area contributed by atoms with Gasteiger partial charge in [0.05, 0.1) is 13.2 Å². The van der Waals surface area contributed by atoms with Crippen LogP contribution in [0.25, 0.3) is 0 Å². The Hall–Kier alpha value is 0.330. The van der Waals surface area contributed by atoms with Crippen molar-refractivity contribution in [2.45, 2.75) is 78.1 Å². The Bertz CT molecular complexity index is 391. The Labute approximate surface area is 183 Å². The van der Waals surface area contributed by atoms with Crippen LogP contribution in [0.1, 0.15) is 78.1 Å². The number of phosphoric acid groups is 1. The molecule has 0 aliphatic carbocycles. The van der Waals surface area contributed by atoms with Crippen LogP contribution < -0.4 is 34.5 Å². The Kier molecular flexibility index (Phi) is 23.7. The number of hydrogen-bond acceptors (Lipinski definition) is 4. The van der Waals surface area contributed by atoms with Gasteiger partial charge in [-0.2, -0.15) is 0 Å². The van der Waals surface area contributed by atoms with Gasteiger partial charge in [-0.25, -0.2) is 0 Å². The number of benzene rings is 1. The first kappa shape index (κ1) is 28.5. The molecule has 0 spiro atoms.